The van der Waals surface area contributed by atoms with E-state index in [9.17, 15) is 5.11 Å². The maximum atomic E-state index is 10.3. The van der Waals surface area contributed by atoms with E-state index in [1.54, 1.807) is 4.68 Å². The molecule has 0 bridgehead atoms. The Kier molecular flexibility index (Phi) is 3.25. The second kappa shape index (κ2) is 5.05. The van der Waals surface area contributed by atoms with Gasteiger partial charge in [-0.3, -0.25) is 4.68 Å². The molecule has 100 valence electrons. The van der Waals surface area contributed by atoms with Crippen LogP contribution in [0.3, 0.4) is 0 Å². The minimum atomic E-state index is -0.516. The molecule has 0 saturated heterocycles. The van der Waals surface area contributed by atoms with Crippen molar-refractivity contribution in [2.24, 2.45) is 7.05 Å². The molecule has 2 atom stereocenters. The summed E-state index contributed by atoms with van der Waals surface area (Å²) in [6, 6.07) is 9.96. The molecule has 1 aromatic heterocycles. The van der Waals surface area contributed by atoms with Gasteiger partial charge in [0, 0.05) is 13.2 Å². The highest BCUT2D eigenvalue weighted by Gasteiger charge is 2.24. The number of aryl methyl sites for hydroxylation is 1. The highest BCUT2D eigenvalue weighted by molar-refractivity contribution is 5.37. The van der Waals surface area contributed by atoms with Crippen LogP contribution in [-0.2, 0) is 7.05 Å². The van der Waals surface area contributed by atoms with Gasteiger partial charge in [0.25, 0.3) is 0 Å². The van der Waals surface area contributed by atoms with Gasteiger partial charge in [0.05, 0.1) is 18.4 Å². The van der Waals surface area contributed by atoms with E-state index in [1.807, 2.05) is 37.5 Å². The fraction of sp³-hybridized carbons (Fsp3) is 0.400. The number of aliphatic hydroxyl groups is 1. The van der Waals surface area contributed by atoms with Gasteiger partial charge in [0.15, 0.2) is 0 Å². The van der Waals surface area contributed by atoms with Crippen molar-refractivity contribution < 1.29 is 9.84 Å². The van der Waals surface area contributed by atoms with E-state index >= 15 is 0 Å². The van der Waals surface area contributed by atoms with E-state index in [0.717, 1.165) is 24.5 Å². The molecule has 2 aromatic rings. The lowest BCUT2D eigenvalue weighted by Gasteiger charge is -2.27. The van der Waals surface area contributed by atoms with Crippen LogP contribution in [0, 0.1) is 0 Å². The molecule has 3 rings (SSSR count). The average molecular weight is 258 g/mol. The Bertz CT molecular complexity index is 565. The van der Waals surface area contributed by atoms with Gasteiger partial charge in [-0.15, -0.1) is 0 Å². The second-order valence-electron chi connectivity index (χ2n) is 5.04. The first-order chi connectivity index (χ1) is 9.24. The zero-order valence-corrected chi connectivity index (χ0v) is 11.0. The molecule has 0 amide bonds. The molecule has 0 aliphatic carbocycles. The monoisotopic (exact) mass is 258 g/mol. The van der Waals surface area contributed by atoms with Crippen LogP contribution in [0.4, 0.5) is 0 Å². The number of hydrogen-bond acceptors (Lipinski definition) is 3. The number of fused-ring (bicyclic) bond motifs is 1. The van der Waals surface area contributed by atoms with Gasteiger partial charge in [0.2, 0.25) is 0 Å². The van der Waals surface area contributed by atoms with Crippen LogP contribution < -0.4 is 4.74 Å². The third-order valence-corrected chi connectivity index (χ3v) is 3.67. The summed E-state index contributed by atoms with van der Waals surface area (Å²) in [6.45, 7) is 0.719. The van der Waals surface area contributed by atoms with Crippen molar-refractivity contribution in [2.45, 2.75) is 24.9 Å². The maximum absolute atomic E-state index is 10.3. The third-order valence-electron chi connectivity index (χ3n) is 3.67. The molecular weight excluding hydrogens is 240 g/mol. The van der Waals surface area contributed by atoms with Crippen LogP contribution >= 0.6 is 0 Å². The van der Waals surface area contributed by atoms with E-state index < -0.39 is 6.10 Å². The molecule has 0 saturated carbocycles. The largest absolute Gasteiger partial charge is 0.493 e. The summed E-state index contributed by atoms with van der Waals surface area (Å²) in [5.74, 6) is 1.29. The van der Waals surface area contributed by atoms with Crippen molar-refractivity contribution in [3.05, 3.63) is 47.8 Å². The van der Waals surface area contributed by atoms with E-state index in [2.05, 4.69) is 11.2 Å². The fourth-order valence-electron chi connectivity index (χ4n) is 2.66. The molecular formula is C15H18N2O2. The molecule has 1 N–H and O–H groups in total. The minimum absolute atomic E-state index is 0.335. The van der Waals surface area contributed by atoms with Crippen molar-refractivity contribution in [2.75, 3.05) is 6.61 Å². The molecule has 2 unspecified atom stereocenters. The molecule has 0 fully saturated rings. The molecule has 4 nitrogen and oxygen atoms in total. The van der Waals surface area contributed by atoms with Crippen molar-refractivity contribution >= 4 is 0 Å². The Morgan fingerprint density at radius 2 is 2.26 bits per heavy atom. The number of benzene rings is 1. The molecule has 0 radical (unpaired) electrons. The summed E-state index contributed by atoms with van der Waals surface area (Å²) in [5.41, 5.74) is 1.94. The van der Waals surface area contributed by atoms with Gasteiger partial charge in [-0.25, -0.2) is 0 Å². The maximum Gasteiger partial charge on any atom is 0.122 e. The quantitative estimate of drug-likeness (QED) is 0.919. The number of aromatic nitrogens is 2. The van der Waals surface area contributed by atoms with Crippen LogP contribution in [0.25, 0.3) is 0 Å². The second-order valence-corrected chi connectivity index (χ2v) is 5.04. The summed E-state index contributed by atoms with van der Waals surface area (Å²) in [5, 5.41) is 14.6. The van der Waals surface area contributed by atoms with Crippen molar-refractivity contribution in [1.29, 1.82) is 0 Å². The molecule has 0 spiro atoms. The van der Waals surface area contributed by atoms with Crippen LogP contribution in [0.1, 0.15) is 36.1 Å². The number of ether oxygens (including phenoxy) is 1. The molecule has 4 heteroatoms. The highest BCUT2D eigenvalue weighted by atomic mass is 16.5. The Hall–Kier alpha value is -1.81. The van der Waals surface area contributed by atoms with E-state index in [4.69, 9.17) is 4.74 Å². The number of para-hydroxylation sites is 1. The summed E-state index contributed by atoms with van der Waals surface area (Å²) in [4.78, 5) is 0. The lowest BCUT2D eigenvalue weighted by atomic mass is 9.87. The van der Waals surface area contributed by atoms with Crippen LogP contribution in [0.5, 0.6) is 5.75 Å². The van der Waals surface area contributed by atoms with Crippen molar-refractivity contribution in [3.63, 3.8) is 0 Å². The van der Waals surface area contributed by atoms with Crippen LogP contribution in [0.15, 0.2) is 36.5 Å². The molecule has 1 aliphatic rings. The zero-order chi connectivity index (χ0) is 13.2. The lowest BCUT2D eigenvalue weighted by Crippen LogP contribution is -2.16. The van der Waals surface area contributed by atoms with Gasteiger partial charge in [-0.05, 0) is 36.5 Å². The smallest absolute Gasteiger partial charge is 0.122 e. The zero-order valence-electron chi connectivity index (χ0n) is 11.0. The van der Waals surface area contributed by atoms with Gasteiger partial charge >= 0.3 is 0 Å². The third kappa shape index (κ3) is 2.49. The lowest BCUT2D eigenvalue weighted by molar-refractivity contribution is 0.140. The summed E-state index contributed by atoms with van der Waals surface area (Å²) in [6.07, 6.45) is 2.98. The van der Waals surface area contributed by atoms with Crippen molar-refractivity contribution in [3.8, 4) is 5.75 Å². The summed E-state index contributed by atoms with van der Waals surface area (Å²) >= 11 is 0. The SMILES string of the molecule is Cn1ccc(C(O)CC2CCOc3ccccc32)n1. The van der Waals surface area contributed by atoms with Crippen molar-refractivity contribution in [1.82, 2.24) is 9.78 Å². The number of nitrogens with zero attached hydrogens (tertiary/aromatic N) is 2. The van der Waals surface area contributed by atoms with Gasteiger partial charge in [-0.1, -0.05) is 18.2 Å². The van der Waals surface area contributed by atoms with Crippen LogP contribution in [-0.4, -0.2) is 21.5 Å². The Labute approximate surface area is 112 Å². The molecule has 2 heterocycles. The first-order valence-electron chi connectivity index (χ1n) is 6.63. The topological polar surface area (TPSA) is 47.3 Å². The summed E-state index contributed by atoms with van der Waals surface area (Å²) in [7, 11) is 1.86. The van der Waals surface area contributed by atoms with E-state index in [1.165, 1.54) is 5.56 Å². The predicted molar refractivity (Wildman–Crippen MR) is 72.1 cm³/mol. The Morgan fingerprint density at radius 3 is 3.05 bits per heavy atom. The molecule has 1 aromatic carbocycles. The van der Waals surface area contributed by atoms with Crippen LogP contribution in [0.2, 0.25) is 0 Å². The first-order valence-corrected chi connectivity index (χ1v) is 6.63. The van der Waals surface area contributed by atoms with Gasteiger partial charge in [-0.2, -0.15) is 5.10 Å². The number of hydrogen-bond donors (Lipinski definition) is 1. The average Bonchev–Trinajstić information content (AvgIpc) is 2.86. The molecule has 1 aliphatic heterocycles. The highest BCUT2D eigenvalue weighted by Crippen LogP contribution is 2.38. The number of aliphatic hydroxyl groups excluding tert-OH is 1. The normalized spacial score (nSPS) is 19.6. The Balaban J connectivity index is 1.77. The first kappa shape index (κ1) is 12.2. The van der Waals surface area contributed by atoms with E-state index in [0.29, 0.717) is 12.3 Å². The minimum Gasteiger partial charge on any atom is -0.493 e. The standard InChI is InChI=1S/C15H18N2O2/c1-17-8-6-13(16-17)14(18)10-11-7-9-19-15-5-3-2-4-12(11)15/h2-6,8,11,14,18H,7,9-10H2,1H3. The fourth-order valence-corrected chi connectivity index (χ4v) is 2.66. The van der Waals surface area contributed by atoms with Gasteiger partial charge in [0.1, 0.15) is 5.75 Å². The molecule has 19 heavy (non-hydrogen) atoms. The van der Waals surface area contributed by atoms with E-state index in [-0.39, 0.29) is 0 Å². The summed E-state index contributed by atoms with van der Waals surface area (Å²) < 4.78 is 7.36. The van der Waals surface area contributed by atoms with Gasteiger partial charge < -0.3 is 9.84 Å². The predicted octanol–water partition coefficient (Wildman–Crippen LogP) is 2.41. The Morgan fingerprint density at radius 1 is 1.42 bits per heavy atom. The number of rotatable bonds is 3.